The molecule has 3 heterocycles. The van der Waals surface area contributed by atoms with Crippen LogP contribution in [0.4, 0.5) is 18.0 Å². The van der Waals surface area contributed by atoms with Gasteiger partial charge in [-0.05, 0) is 30.5 Å². The molecule has 0 aliphatic carbocycles. The van der Waals surface area contributed by atoms with Crippen LogP contribution in [0.5, 0.6) is 0 Å². The molecule has 0 radical (unpaired) electrons. The summed E-state index contributed by atoms with van der Waals surface area (Å²) < 4.78 is 47.4. The van der Waals surface area contributed by atoms with Crippen LogP contribution < -0.4 is 10.6 Å². The predicted octanol–water partition coefficient (Wildman–Crippen LogP) is 4.31. The maximum Gasteiger partial charge on any atom is 0.437 e. The highest BCUT2D eigenvalue weighted by molar-refractivity contribution is 7.12. The zero-order valence-corrected chi connectivity index (χ0v) is 17.8. The molecule has 1 aliphatic rings. The van der Waals surface area contributed by atoms with Gasteiger partial charge in [-0.25, -0.2) is 4.79 Å². The van der Waals surface area contributed by atoms with Crippen LogP contribution in [0.2, 0.25) is 0 Å². The van der Waals surface area contributed by atoms with Crippen molar-refractivity contribution in [3.8, 4) is 11.3 Å². The summed E-state index contributed by atoms with van der Waals surface area (Å²) in [6, 6.07) is 9.04. The van der Waals surface area contributed by atoms with E-state index in [-0.39, 0.29) is 22.2 Å². The Morgan fingerprint density at radius 2 is 1.82 bits per heavy atom. The van der Waals surface area contributed by atoms with Gasteiger partial charge in [0, 0.05) is 11.1 Å². The summed E-state index contributed by atoms with van der Waals surface area (Å²) in [7, 11) is 0. The summed E-state index contributed by atoms with van der Waals surface area (Å²) >= 11 is 0.913. The molecule has 3 aromatic rings. The molecule has 1 aromatic carbocycles. The second-order valence-electron chi connectivity index (χ2n) is 7.50. The highest BCUT2D eigenvalue weighted by atomic mass is 32.1. The average molecular weight is 478 g/mol. The highest BCUT2D eigenvalue weighted by Gasteiger charge is 2.67. The van der Waals surface area contributed by atoms with E-state index in [4.69, 9.17) is 4.42 Å². The van der Waals surface area contributed by atoms with E-state index < -0.39 is 35.7 Å². The number of hydrogen-bond acceptors (Lipinski definition) is 6. The van der Waals surface area contributed by atoms with Crippen molar-refractivity contribution in [1.29, 1.82) is 0 Å². The van der Waals surface area contributed by atoms with E-state index in [2.05, 4.69) is 5.32 Å². The normalized spacial score (nSPS) is 23.0. The second kappa shape index (κ2) is 8.16. The molecule has 0 unspecified atom stereocenters. The van der Waals surface area contributed by atoms with Crippen molar-refractivity contribution >= 4 is 28.9 Å². The Labute approximate surface area is 189 Å². The number of aliphatic hydroxyl groups is 1. The molecule has 2 amide bonds. The van der Waals surface area contributed by atoms with Gasteiger partial charge in [0.05, 0.1) is 4.88 Å². The highest BCUT2D eigenvalue weighted by Crippen LogP contribution is 2.45. The van der Waals surface area contributed by atoms with E-state index in [1.165, 1.54) is 41.9 Å². The van der Waals surface area contributed by atoms with Crippen LogP contribution >= 0.6 is 11.3 Å². The zero-order chi connectivity index (χ0) is 24.0. The predicted molar refractivity (Wildman–Crippen MR) is 112 cm³/mol. The molecular formula is C22H17F3N2O5S. The molecule has 1 fully saturated rings. The fourth-order valence-corrected chi connectivity index (χ4v) is 4.40. The number of rotatable bonds is 5. The van der Waals surface area contributed by atoms with Gasteiger partial charge in [-0.3, -0.25) is 9.59 Å². The number of alkyl halides is 3. The number of hydrogen-bond donors (Lipinski definition) is 3. The molecule has 2 aromatic heterocycles. The number of nitrogens with one attached hydrogen (secondary N) is 2. The lowest BCUT2D eigenvalue weighted by Gasteiger charge is -2.44. The summed E-state index contributed by atoms with van der Waals surface area (Å²) in [5.41, 5.74) is -2.83. The minimum Gasteiger partial charge on any atom is -0.459 e. The van der Waals surface area contributed by atoms with Crippen LogP contribution in [0.3, 0.4) is 0 Å². The lowest BCUT2D eigenvalue weighted by Crippen LogP contribution is -2.72. The van der Waals surface area contributed by atoms with Crippen molar-refractivity contribution in [3.05, 3.63) is 70.1 Å². The summed E-state index contributed by atoms with van der Waals surface area (Å²) in [6.45, 7) is 1.41. The van der Waals surface area contributed by atoms with Crippen LogP contribution in [0.25, 0.3) is 11.3 Å². The Kier molecular flexibility index (Phi) is 5.62. The van der Waals surface area contributed by atoms with Crippen LogP contribution in [0, 0.1) is 5.92 Å². The molecule has 11 heteroatoms. The minimum atomic E-state index is -5.35. The Morgan fingerprint density at radius 3 is 2.39 bits per heavy atom. The average Bonchev–Trinajstić information content (AvgIpc) is 3.44. The smallest absolute Gasteiger partial charge is 0.437 e. The first-order chi connectivity index (χ1) is 15.5. The van der Waals surface area contributed by atoms with Gasteiger partial charge in [0.15, 0.2) is 11.6 Å². The first-order valence-electron chi connectivity index (χ1n) is 9.68. The lowest BCUT2D eigenvalue weighted by molar-refractivity contribution is -0.287. The molecule has 172 valence electrons. The molecule has 0 saturated carbocycles. The number of benzene rings is 1. The Bertz CT molecular complexity index is 1200. The van der Waals surface area contributed by atoms with Crippen LogP contribution in [0.15, 0.2) is 58.3 Å². The van der Waals surface area contributed by atoms with Gasteiger partial charge < -0.3 is 20.2 Å². The molecule has 3 atom stereocenters. The minimum absolute atomic E-state index is 0.0165. The number of carbonyl (C=O) groups is 3. The number of amides is 2. The van der Waals surface area contributed by atoms with E-state index in [0.717, 1.165) is 11.3 Å². The fraction of sp³-hybridized carbons (Fsp3) is 0.227. The Hall–Kier alpha value is -3.44. The third-order valence-corrected chi connectivity index (χ3v) is 6.25. The van der Waals surface area contributed by atoms with Crippen molar-refractivity contribution in [2.45, 2.75) is 24.9 Å². The molecule has 1 saturated heterocycles. The molecule has 1 aliphatic heterocycles. The number of thiophene rings is 1. The van der Waals surface area contributed by atoms with Crippen LogP contribution in [0.1, 0.15) is 38.8 Å². The Balaban J connectivity index is 1.76. The van der Waals surface area contributed by atoms with Crippen LogP contribution in [-0.4, -0.2) is 34.6 Å². The SMILES string of the molecule is CC(=O)c1ccc(-c2ccc([C@@H]3NC(=O)N[C@@](O)(C(F)(F)F)[C@@H]3C(=O)c3cccs3)o2)cc1. The van der Waals surface area contributed by atoms with Crippen LogP contribution in [-0.2, 0) is 0 Å². The van der Waals surface area contributed by atoms with E-state index in [1.807, 2.05) is 0 Å². The number of Topliss-reactive ketones (excluding diaryl/α,β-unsaturated/α-hetero) is 2. The van der Waals surface area contributed by atoms with Crippen molar-refractivity contribution in [3.63, 3.8) is 0 Å². The molecule has 33 heavy (non-hydrogen) atoms. The molecular weight excluding hydrogens is 461 g/mol. The summed E-state index contributed by atoms with van der Waals surface area (Å²) in [5.74, 6) is -3.21. The van der Waals surface area contributed by atoms with Crippen molar-refractivity contribution in [2.24, 2.45) is 5.92 Å². The number of halogens is 3. The third-order valence-electron chi connectivity index (χ3n) is 5.36. The first-order valence-corrected chi connectivity index (χ1v) is 10.6. The standard InChI is InChI=1S/C22H17F3N2O5S/c1-11(28)12-4-6-13(7-5-12)14-8-9-15(32-14)18-17(19(29)16-3-2-10-33-16)21(31,22(23,24)25)27-20(30)26-18/h2-10,17-18,31H,1H3,(H2,26,27,30)/t17-,18-,21-/m0/s1. The van der Waals surface area contributed by atoms with Gasteiger partial charge in [-0.2, -0.15) is 13.2 Å². The van der Waals surface area contributed by atoms with Gasteiger partial charge in [-0.1, -0.05) is 30.3 Å². The monoisotopic (exact) mass is 478 g/mol. The molecule has 0 bridgehead atoms. The maximum atomic E-state index is 13.9. The van der Waals surface area contributed by atoms with E-state index in [0.29, 0.717) is 11.1 Å². The lowest BCUT2D eigenvalue weighted by atomic mass is 9.80. The van der Waals surface area contributed by atoms with Crippen molar-refractivity contribution < 1.29 is 37.1 Å². The first kappa shape index (κ1) is 22.7. The van der Waals surface area contributed by atoms with E-state index >= 15 is 0 Å². The Morgan fingerprint density at radius 1 is 1.12 bits per heavy atom. The second-order valence-corrected chi connectivity index (χ2v) is 8.44. The quantitative estimate of drug-likeness (QED) is 0.474. The molecule has 4 rings (SSSR count). The fourth-order valence-electron chi connectivity index (χ4n) is 3.69. The summed E-state index contributed by atoms with van der Waals surface area (Å²) in [4.78, 5) is 36.6. The number of urea groups is 1. The molecule has 3 N–H and O–H groups in total. The van der Waals surface area contributed by atoms with E-state index in [9.17, 15) is 32.7 Å². The van der Waals surface area contributed by atoms with Gasteiger partial charge in [0.2, 0.25) is 5.72 Å². The molecule has 7 nitrogen and oxygen atoms in total. The van der Waals surface area contributed by atoms with Gasteiger partial charge >= 0.3 is 12.2 Å². The largest absolute Gasteiger partial charge is 0.459 e. The topological polar surface area (TPSA) is 109 Å². The molecule has 0 spiro atoms. The van der Waals surface area contributed by atoms with Gasteiger partial charge in [-0.15, -0.1) is 11.3 Å². The third kappa shape index (κ3) is 4.05. The summed E-state index contributed by atoms with van der Waals surface area (Å²) in [6.07, 6.45) is -5.35. The van der Waals surface area contributed by atoms with Crippen molar-refractivity contribution in [1.82, 2.24) is 10.6 Å². The maximum absolute atomic E-state index is 13.9. The van der Waals surface area contributed by atoms with Gasteiger partial charge in [0.1, 0.15) is 23.5 Å². The zero-order valence-electron chi connectivity index (χ0n) is 17.0. The number of furan rings is 1. The number of carbonyl (C=O) groups excluding carboxylic acids is 3. The summed E-state index contributed by atoms with van der Waals surface area (Å²) in [5, 5.41) is 15.8. The van der Waals surface area contributed by atoms with E-state index in [1.54, 1.807) is 24.3 Å². The van der Waals surface area contributed by atoms with Crippen molar-refractivity contribution in [2.75, 3.05) is 0 Å². The van der Waals surface area contributed by atoms with Gasteiger partial charge in [0.25, 0.3) is 0 Å². The number of ketones is 2.